The van der Waals surface area contributed by atoms with Crippen LogP contribution in [-0.4, -0.2) is 43.4 Å². The first-order valence-corrected chi connectivity index (χ1v) is 11.0. The minimum Gasteiger partial charge on any atom is -0.493 e. The highest BCUT2D eigenvalue weighted by atomic mass is 35.5. The molecule has 0 unspecified atom stereocenters. The molecule has 3 rings (SSSR count). The average Bonchev–Trinajstić information content (AvgIpc) is 3.01. The molecule has 0 bridgehead atoms. The molecule has 31 heavy (non-hydrogen) atoms. The minimum absolute atomic E-state index is 0.285. The van der Waals surface area contributed by atoms with Gasteiger partial charge in [-0.25, -0.2) is 0 Å². The highest BCUT2D eigenvalue weighted by molar-refractivity contribution is 8.18. The predicted octanol–water partition coefficient (Wildman–Crippen LogP) is 5.65. The summed E-state index contributed by atoms with van der Waals surface area (Å²) in [5.74, 6) is 0.486. The number of methoxy groups -OCH3 is 2. The zero-order valence-electron chi connectivity index (χ0n) is 17.0. The summed E-state index contributed by atoms with van der Waals surface area (Å²) >= 11 is 13.2. The van der Waals surface area contributed by atoms with Crippen molar-refractivity contribution in [3.05, 3.63) is 62.5 Å². The summed E-state index contributed by atoms with van der Waals surface area (Å²) < 4.78 is 16.3. The Morgan fingerprint density at radius 1 is 1.10 bits per heavy atom. The molecule has 1 aliphatic heterocycles. The normalized spacial score (nSPS) is 15.1. The number of thioether (sulfide) groups is 1. The van der Waals surface area contributed by atoms with Crippen LogP contribution >= 0.6 is 35.0 Å². The van der Waals surface area contributed by atoms with Gasteiger partial charge in [0.05, 0.1) is 17.0 Å². The van der Waals surface area contributed by atoms with Crippen LogP contribution < -0.4 is 9.47 Å². The summed E-state index contributed by atoms with van der Waals surface area (Å²) in [7, 11) is 3.09. The smallest absolute Gasteiger partial charge is 0.293 e. The van der Waals surface area contributed by atoms with Crippen molar-refractivity contribution in [1.82, 2.24) is 4.90 Å². The van der Waals surface area contributed by atoms with Gasteiger partial charge in [-0.15, -0.1) is 0 Å². The summed E-state index contributed by atoms with van der Waals surface area (Å²) in [6.45, 7) is 1.08. The molecule has 2 aromatic carbocycles. The largest absolute Gasteiger partial charge is 0.493 e. The first-order chi connectivity index (χ1) is 14.9. The van der Waals surface area contributed by atoms with Gasteiger partial charge >= 0.3 is 0 Å². The lowest BCUT2D eigenvalue weighted by Crippen LogP contribution is -2.29. The third-order valence-corrected chi connectivity index (χ3v) is 5.89. The summed E-state index contributed by atoms with van der Waals surface area (Å²) in [6, 6.07) is 10.7. The highest BCUT2D eigenvalue weighted by Crippen LogP contribution is 2.39. The van der Waals surface area contributed by atoms with Crippen LogP contribution in [0.4, 0.5) is 4.79 Å². The Labute approximate surface area is 195 Å². The lowest BCUT2D eigenvalue weighted by atomic mass is 10.1. The molecule has 2 aromatic rings. The number of hydrogen-bond acceptors (Lipinski definition) is 6. The molecule has 0 aromatic heterocycles. The van der Waals surface area contributed by atoms with Crippen LogP contribution in [0.5, 0.6) is 11.5 Å². The zero-order chi connectivity index (χ0) is 22.4. The lowest BCUT2D eigenvalue weighted by Gasteiger charge is -2.14. The van der Waals surface area contributed by atoms with Crippen LogP contribution in [0.25, 0.3) is 6.08 Å². The van der Waals surface area contributed by atoms with Gasteiger partial charge in [-0.2, -0.15) is 0 Å². The van der Waals surface area contributed by atoms with E-state index in [9.17, 15) is 9.59 Å². The molecule has 0 aliphatic carbocycles. The Morgan fingerprint density at radius 3 is 2.52 bits per heavy atom. The van der Waals surface area contributed by atoms with Crippen molar-refractivity contribution in [1.29, 1.82) is 0 Å². The molecule has 1 aliphatic rings. The Morgan fingerprint density at radius 2 is 1.84 bits per heavy atom. The van der Waals surface area contributed by atoms with Crippen LogP contribution in [0.3, 0.4) is 0 Å². The van der Waals surface area contributed by atoms with Crippen molar-refractivity contribution in [2.75, 3.05) is 27.4 Å². The van der Waals surface area contributed by atoms with E-state index in [0.717, 1.165) is 17.3 Å². The van der Waals surface area contributed by atoms with Crippen molar-refractivity contribution >= 4 is 52.2 Å². The van der Waals surface area contributed by atoms with Gasteiger partial charge in [-0.3, -0.25) is 14.5 Å². The molecule has 0 saturated carbocycles. The van der Waals surface area contributed by atoms with E-state index in [-0.39, 0.29) is 17.8 Å². The Balaban J connectivity index is 1.77. The van der Waals surface area contributed by atoms with Gasteiger partial charge < -0.3 is 14.2 Å². The van der Waals surface area contributed by atoms with E-state index in [1.165, 1.54) is 12.0 Å². The van der Waals surface area contributed by atoms with E-state index >= 15 is 0 Å². The van der Waals surface area contributed by atoms with Crippen LogP contribution in [-0.2, 0) is 16.1 Å². The van der Waals surface area contributed by atoms with E-state index in [4.69, 9.17) is 37.4 Å². The number of ether oxygens (including phenoxy) is 3. The number of nitrogens with zero attached hydrogens (tertiary/aromatic N) is 1. The molecule has 0 spiro atoms. The van der Waals surface area contributed by atoms with E-state index in [1.807, 2.05) is 12.1 Å². The number of amides is 2. The van der Waals surface area contributed by atoms with Crippen molar-refractivity contribution in [3.63, 3.8) is 0 Å². The Hall–Kier alpha value is -2.19. The van der Waals surface area contributed by atoms with Crippen LogP contribution in [0.1, 0.15) is 17.5 Å². The predicted molar refractivity (Wildman–Crippen MR) is 123 cm³/mol. The minimum atomic E-state index is -0.329. The third kappa shape index (κ3) is 5.95. The van der Waals surface area contributed by atoms with E-state index in [2.05, 4.69) is 0 Å². The fourth-order valence-electron chi connectivity index (χ4n) is 2.91. The standard InChI is InChI=1S/C22H21Cl2NO5S/c1-28-9-3-8-25-21(26)19(31-22(25)27)12-15-10-17(24)20(18(11-15)29-2)30-13-14-4-6-16(23)7-5-14/h4-7,10-12H,3,8-9,13H2,1-2H3/b19-12+. The summed E-state index contributed by atoms with van der Waals surface area (Å²) in [5.41, 5.74) is 1.55. The second kappa shape index (κ2) is 10.9. The molecule has 6 nitrogen and oxygen atoms in total. The average molecular weight is 482 g/mol. The van der Waals surface area contributed by atoms with Crippen LogP contribution in [0, 0.1) is 0 Å². The maximum absolute atomic E-state index is 12.6. The number of carbonyl (C=O) groups is 2. The first kappa shape index (κ1) is 23.5. The van der Waals surface area contributed by atoms with Crippen molar-refractivity contribution in [2.24, 2.45) is 0 Å². The van der Waals surface area contributed by atoms with Gasteiger partial charge in [-0.1, -0.05) is 35.3 Å². The second-order valence-corrected chi connectivity index (χ2v) is 8.47. The van der Waals surface area contributed by atoms with Crippen LogP contribution in [0.2, 0.25) is 10.0 Å². The molecule has 1 saturated heterocycles. The van der Waals surface area contributed by atoms with Gasteiger partial charge in [0.1, 0.15) is 6.61 Å². The topological polar surface area (TPSA) is 65.1 Å². The second-order valence-electron chi connectivity index (χ2n) is 6.63. The summed E-state index contributed by atoms with van der Waals surface area (Å²) in [6.07, 6.45) is 2.21. The molecular formula is C22H21Cl2NO5S. The number of rotatable bonds is 9. The van der Waals surface area contributed by atoms with Crippen molar-refractivity contribution in [2.45, 2.75) is 13.0 Å². The molecule has 1 heterocycles. The fraction of sp³-hybridized carbons (Fsp3) is 0.273. The molecule has 1 fully saturated rings. The van der Waals surface area contributed by atoms with Crippen molar-refractivity contribution in [3.8, 4) is 11.5 Å². The molecular weight excluding hydrogens is 461 g/mol. The Kier molecular flexibility index (Phi) is 8.26. The lowest BCUT2D eigenvalue weighted by molar-refractivity contribution is -0.122. The van der Waals surface area contributed by atoms with E-state index < -0.39 is 0 Å². The SMILES string of the molecule is COCCCN1C(=O)S/C(=C/c2cc(Cl)c(OCc3ccc(Cl)cc3)c(OC)c2)C1=O. The molecule has 164 valence electrons. The van der Waals surface area contributed by atoms with Crippen LogP contribution in [0.15, 0.2) is 41.3 Å². The monoisotopic (exact) mass is 481 g/mol. The first-order valence-electron chi connectivity index (χ1n) is 9.42. The maximum atomic E-state index is 12.6. The number of hydrogen-bond donors (Lipinski definition) is 0. The molecule has 0 N–H and O–H groups in total. The van der Waals surface area contributed by atoms with Crippen molar-refractivity contribution < 1.29 is 23.8 Å². The number of benzene rings is 2. The van der Waals surface area contributed by atoms with Gasteiger partial charge in [0.2, 0.25) is 0 Å². The van der Waals surface area contributed by atoms with E-state index in [0.29, 0.717) is 51.6 Å². The highest BCUT2D eigenvalue weighted by Gasteiger charge is 2.34. The van der Waals surface area contributed by atoms with Gasteiger partial charge in [0.15, 0.2) is 11.5 Å². The Bertz CT molecular complexity index is 994. The third-order valence-electron chi connectivity index (χ3n) is 4.45. The van der Waals surface area contributed by atoms with E-state index in [1.54, 1.807) is 37.5 Å². The quantitative estimate of drug-likeness (QED) is 0.340. The molecule has 0 radical (unpaired) electrons. The van der Waals surface area contributed by atoms with Gasteiger partial charge in [0.25, 0.3) is 11.1 Å². The number of carbonyl (C=O) groups excluding carboxylic acids is 2. The fourth-order valence-corrected chi connectivity index (χ4v) is 4.18. The van der Waals surface area contributed by atoms with Gasteiger partial charge in [0, 0.05) is 25.3 Å². The zero-order valence-corrected chi connectivity index (χ0v) is 19.4. The summed E-state index contributed by atoms with van der Waals surface area (Å²) in [5, 5.41) is 0.680. The number of halogens is 2. The number of imide groups is 1. The molecule has 0 atom stereocenters. The molecule has 2 amide bonds. The van der Waals surface area contributed by atoms with Gasteiger partial charge in [-0.05, 0) is 59.7 Å². The molecule has 9 heteroatoms. The maximum Gasteiger partial charge on any atom is 0.293 e. The summed E-state index contributed by atoms with van der Waals surface area (Å²) in [4.78, 5) is 26.3.